The van der Waals surface area contributed by atoms with Gasteiger partial charge < -0.3 is 10.6 Å². The van der Waals surface area contributed by atoms with E-state index < -0.39 is 27.6 Å². The molecule has 0 aliphatic carbocycles. The highest BCUT2D eigenvalue weighted by Gasteiger charge is 2.32. The molecule has 0 bridgehead atoms. The van der Waals surface area contributed by atoms with Crippen molar-refractivity contribution in [1.82, 2.24) is 14.9 Å². The molecule has 11 heteroatoms. The van der Waals surface area contributed by atoms with Gasteiger partial charge in [0.25, 0.3) is 5.91 Å². The Morgan fingerprint density at radius 1 is 1.03 bits per heavy atom. The fraction of sp³-hybridized carbons (Fsp3) is 0.364. The second-order valence-corrected chi connectivity index (χ2v) is 10.1. The van der Waals surface area contributed by atoms with Crippen molar-refractivity contribution >= 4 is 33.4 Å². The zero-order chi connectivity index (χ0) is 24.2. The number of halogens is 3. The smallest absolute Gasteiger partial charge is 0.251 e. The number of carbonyl (C=O) groups is 2. The Labute approximate surface area is 196 Å². The molecule has 0 spiro atoms. The number of benzene rings is 2. The molecule has 1 heterocycles. The Hall–Kier alpha value is -2.56. The van der Waals surface area contributed by atoms with Gasteiger partial charge in [-0.3, -0.25) is 9.59 Å². The molecule has 2 aromatic carbocycles. The maximum Gasteiger partial charge on any atom is 0.251 e. The molecule has 1 aliphatic heterocycles. The summed E-state index contributed by atoms with van der Waals surface area (Å²) < 4.78 is 53.6. The lowest BCUT2D eigenvalue weighted by molar-refractivity contribution is -0.126. The normalized spacial score (nSPS) is 15.3. The Morgan fingerprint density at radius 3 is 2.33 bits per heavy atom. The van der Waals surface area contributed by atoms with Gasteiger partial charge in [-0.05, 0) is 55.7 Å². The summed E-state index contributed by atoms with van der Waals surface area (Å²) in [5.74, 6) is -2.20. The van der Waals surface area contributed by atoms with E-state index in [4.69, 9.17) is 11.6 Å². The number of hydrogen-bond donors (Lipinski definition) is 2. The first-order valence-corrected chi connectivity index (χ1v) is 12.2. The second-order valence-electron chi connectivity index (χ2n) is 7.77. The topological polar surface area (TPSA) is 95.6 Å². The van der Waals surface area contributed by atoms with Crippen molar-refractivity contribution < 1.29 is 26.8 Å². The summed E-state index contributed by atoms with van der Waals surface area (Å²) in [6, 6.07) is 7.44. The summed E-state index contributed by atoms with van der Waals surface area (Å²) in [5, 5.41) is 5.06. The Morgan fingerprint density at radius 2 is 1.70 bits per heavy atom. The molecular weight excluding hydrogens is 476 g/mol. The monoisotopic (exact) mass is 499 g/mol. The maximum absolute atomic E-state index is 13.6. The van der Waals surface area contributed by atoms with Crippen molar-refractivity contribution in [3.63, 3.8) is 0 Å². The number of sulfonamides is 1. The zero-order valence-electron chi connectivity index (χ0n) is 17.9. The molecule has 2 amide bonds. The van der Waals surface area contributed by atoms with Crippen LogP contribution in [0.15, 0.2) is 41.3 Å². The van der Waals surface area contributed by atoms with Crippen LogP contribution in [0.5, 0.6) is 0 Å². The van der Waals surface area contributed by atoms with Gasteiger partial charge in [0.1, 0.15) is 11.6 Å². The molecular formula is C22H24ClF2N3O4S. The minimum absolute atomic E-state index is 0.0963. The summed E-state index contributed by atoms with van der Waals surface area (Å²) in [4.78, 5) is 24.4. The lowest BCUT2D eigenvalue weighted by Crippen LogP contribution is -2.44. The van der Waals surface area contributed by atoms with Gasteiger partial charge in [0.15, 0.2) is 0 Å². The number of nitrogens with zero attached hydrogens (tertiary/aromatic N) is 1. The van der Waals surface area contributed by atoms with E-state index in [2.05, 4.69) is 10.6 Å². The highest BCUT2D eigenvalue weighted by molar-refractivity contribution is 7.89. The quantitative estimate of drug-likeness (QED) is 0.573. The van der Waals surface area contributed by atoms with Crippen LogP contribution < -0.4 is 10.6 Å². The number of rotatable bonds is 7. The van der Waals surface area contributed by atoms with Crippen LogP contribution in [0, 0.1) is 24.5 Å². The van der Waals surface area contributed by atoms with E-state index in [0.29, 0.717) is 18.4 Å². The first-order chi connectivity index (χ1) is 15.6. The zero-order valence-corrected chi connectivity index (χ0v) is 19.5. The Balaban J connectivity index is 1.44. The third-order valence-electron chi connectivity index (χ3n) is 5.50. The number of piperidine rings is 1. The molecule has 1 saturated heterocycles. The van der Waals surface area contributed by atoms with Crippen molar-refractivity contribution in [3.8, 4) is 0 Å². The Kier molecular flexibility index (Phi) is 8.04. The molecule has 0 unspecified atom stereocenters. The van der Waals surface area contributed by atoms with Crippen LogP contribution in [-0.2, 0) is 14.8 Å². The predicted molar refractivity (Wildman–Crippen MR) is 119 cm³/mol. The first-order valence-electron chi connectivity index (χ1n) is 10.4. The molecule has 1 fully saturated rings. The van der Waals surface area contributed by atoms with Crippen molar-refractivity contribution in [2.75, 3.05) is 26.2 Å². The van der Waals surface area contributed by atoms with Crippen LogP contribution in [0.2, 0.25) is 5.02 Å². The van der Waals surface area contributed by atoms with Gasteiger partial charge in [0.05, 0.1) is 9.92 Å². The highest BCUT2D eigenvalue weighted by Crippen LogP contribution is 2.26. The summed E-state index contributed by atoms with van der Waals surface area (Å²) in [7, 11) is -3.84. The van der Waals surface area contributed by atoms with Gasteiger partial charge >= 0.3 is 0 Å². The molecule has 0 aromatic heterocycles. The average molecular weight is 500 g/mol. The van der Waals surface area contributed by atoms with Gasteiger partial charge in [0, 0.05) is 37.7 Å². The fourth-order valence-corrected chi connectivity index (χ4v) is 5.23. The van der Waals surface area contributed by atoms with E-state index in [9.17, 15) is 26.8 Å². The lowest BCUT2D eigenvalue weighted by atomic mass is 9.97. The molecule has 7 nitrogen and oxygen atoms in total. The molecule has 0 radical (unpaired) electrons. The predicted octanol–water partition coefficient (Wildman–Crippen LogP) is 2.87. The van der Waals surface area contributed by atoms with Gasteiger partial charge in [-0.15, -0.1) is 0 Å². The van der Waals surface area contributed by atoms with Gasteiger partial charge in [0.2, 0.25) is 15.9 Å². The van der Waals surface area contributed by atoms with Gasteiger partial charge in [-0.2, -0.15) is 4.31 Å². The van der Waals surface area contributed by atoms with Crippen molar-refractivity contribution in [2.45, 2.75) is 24.7 Å². The van der Waals surface area contributed by atoms with Crippen molar-refractivity contribution in [3.05, 3.63) is 64.2 Å². The van der Waals surface area contributed by atoms with Crippen LogP contribution >= 0.6 is 11.6 Å². The Bertz CT molecular complexity index is 1150. The van der Waals surface area contributed by atoms with E-state index >= 15 is 0 Å². The largest absolute Gasteiger partial charge is 0.354 e. The fourth-order valence-electron chi connectivity index (χ4n) is 3.49. The van der Waals surface area contributed by atoms with Gasteiger partial charge in [-0.25, -0.2) is 17.2 Å². The standard InChI is InChI=1S/C22H24ClF2N3O4S/c1-14-2-3-16(12-20(14)25)22(30)27-9-8-26-21(29)15-6-10-28(11-7-15)33(31,32)17-4-5-19(24)18(23)13-17/h2-5,12-13,15H,6-11H2,1H3,(H,26,29)(H,27,30). The number of amides is 2. The van der Waals surface area contributed by atoms with Gasteiger partial charge in [-0.1, -0.05) is 17.7 Å². The average Bonchev–Trinajstić information content (AvgIpc) is 2.80. The van der Waals surface area contributed by atoms with E-state index in [1.807, 2.05) is 0 Å². The summed E-state index contributed by atoms with van der Waals surface area (Å²) in [6.07, 6.45) is 0.657. The van der Waals surface area contributed by atoms with E-state index in [1.54, 1.807) is 6.92 Å². The molecule has 178 valence electrons. The minimum atomic E-state index is -3.84. The third kappa shape index (κ3) is 6.07. The van der Waals surface area contributed by atoms with Crippen LogP contribution in [0.3, 0.4) is 0 Å². The molecule has 33 heavy (non-hydrogen) atoms. The summed E-state index contributed by atoms with van der Waals surface area (Å²) >= 11 is 5.70. The number of aryl methyl sites for hydroxylation is 1. The van der Waals surface area contributed by atoms with E-state index in [0.717, 1.165) is 24.3 Å². The SMILES string of the molecule is Cc1ccc(C(=O)NCCNC(=O)C2CCN(S(=O)(=O)c3ccc(F)c(Cl)c3)CC2)cc1F. The van der Waals surface area contributed by atoms with Crippen molar-refractivity contribution in [1.29, 1.82) is 0 Å². The van der Waals surface area contributed by atoms with E-state index in [1.165, 1.54) is 16.4 Å². The molecule has 1 aliphatic rings. The maximum atomic E-state index is 13.6. The van der Waals surface area contributed by atoms with Crippen LogP contribution in [0.4, 0.5) is 8.78 Å². The van der Waals surface area contributed by atoms with Crippen molar-refractivity contribution in [2.24, 2.45) is 5.92 Å². The van der Waals surface area contributed by atoms with Crippen LogP contribution in [0.25, 0.3) is 0 Å². The highest BCUT2D eigenvalue weighted by atomic mass is 35.5. The summed E-state index contributed by atoms with van der Waals surface area (Å²) in [5.41, 5.74) is 0.638. The summed E-state index contributed by atoms with van der Waals surface area (Å²) in [6.45, 7) is 2.24. The minimum Gasteiger partial charge on any atom is -0.354 e. The number of carbonyl (C=O) groups excluding carboxylic acids is 2. The molecule has 3 rings (SSSR count). The molecule has 2 N–H and O–H groups in total. The lowest BCUT2D eigenvalue weighted by Gasteiger charge is -2.30. The molecule has 0 atom stereocenters. The van der Waals surface area contributed by atoms with E-state index in [-0.39, 0.29) is 53.5 Å². The molecule has 2 aromatic rings. The van der Waals surface area contributed by atoms with Crippen LogP contribution in [-0.4, -0.2) is 50.7 Å². The number of nitrogens with one attached hydrogen (secondary N) is 2. The first kappa shape index (κ1) is 25.1. The number of hydrogen-bond acceptors (Lipinski definition) is 4. The second kappa shape index (κ2) is 10.6. The van der Waals surface area contributed by atoms with Crippen LogP contribution in [0.1, 0.15) is 28.8 Å². The molecule has 0 saturated carbocycles. The third-order valence-corrected chi connectivity index (χ3v) is 7.68.